The molecule has 0 bridgehead atoms. The summed E-state index contributed by atoms with van der Waals surface area (Å²) in [6.45, 7) is 7.07. The van der Waals surface area contributed by atoms with Gasteiger partial charge in [-0.3, -0.25) is 4.79 Å². The van der Waals surface area contributed by atoms with Gasteiger partial charge in [0.1, 0.15) is 0 Å². The average Bonchev–Trinajstić information content (AvgIpc) is 2.93. The highest BCUT2D eigenvalue weighted by Gasteiger charge is 2.58. The summed E-state index contributed by atoms with van der Waals surface area (Å²) in [7, 11) is 0. The topological polar surface area (TPSA) is 50.4 Å². The van der Waals surface area contributed by atoms with E-state index in [1.165, 1.54) is 0 Å². The number of carbonyl (C=O) groups excluding carboxylic acids is 1. The lowest BCUT2D eigenvalue weighted by Gasteiger charge is -2.30. The number of piperidine rings is 1. The van der Waals surface area contributed by atoms with Crippen molar-refractivity contribution in [2.45, 2.75) is 51.2 Å². The normalized spacial score (nSPS) is 41.9. The Labute approximate surface area is 109 Å². The van der Waals surface area contributed by atoms with E-state index in [4.69, 9.17) is 4.74 Å². The first-order valence-electron chi connectivity index (χ1n) is 7.20. The van der Waals surface area contributed by atoms with E-state index in [1.807, 2.05) is 0 Å². The molecule has 3 unspecified atom stereocenters. The molecule has 2 N–H and O–H groups in total. The lowest BCUT2D eigenvalue weighted by molar-refractivity contribution is -0.125. The number of hydrogen-bond acceptors (Lipinski definition) is 3. The van der Waals surface area contributed by atoms with Crippen molar-refractivity contribution in [3.05, 3.63) is 0 Å². The molecule has 0 aromatic carbocycles. The number of carbonyl (C=O) groups is 1. The maximum atomic E-state index is 12.4. The molecule has 3 rings (SSSR count). The van der Waals surface area contributed by atoms with E-state index in [9.17, 15) is 4.79 Å². The van der Waals surface area contributed by atoms with Crippen LogP contribution < -0.4 is 10.6 Å². The van der Waals surface area contributed by atoms with Gasteiger partial charge in [-0.15, -0.1) is 0 Å². The summed E-state index contributed by atoms with van der Waals surface area (Å²) in [5, 5.41) is 6.63. The van der Waals surface area contributed by atoms with Crippen molar-refractivity contribution in [3.63, 3.8) is 0 Å². The Morgan fingerprint density at radius 2 is 2.06 bits per heavy atom. The molecule has 4 nitrogen and oxygen atoms in total. The largest absolute Gasteiger partial charge is 0.376 e. The standard InChI is InChI=1S/C14H24N2O2/c1-10-13(2,5-8-18-10)16-12(17)11-9-14(11)3-6-15-7-4-14/h10-11,15H,3-9H2,1-2H3,(H,16,17). The zero-order chi connectivity index (χ0) is 12.8. The zero-order valence-corrected chi connectivity index (χ0v) is 11.4. The van der Waals surface area contributed by atoms with E-state index in [1.54, 1.807) is 0 Å². The highest BCUT2D eigenvalue weighted by Crippen LogP contribution is 2.58. The molecule has 2 heterocycles. The molecule has 102 valence electrons. The molecule has 4 heteroatoms. The van der Waals surface area contributed by atoms with Gasteiger partial charge in [-0.25, -0.2) is 0 Å². The van der Waals surface area contributed by atoms with Crippen molar-refractivity contribution in [1.29, 1.82) is 0 Å². The van der Waals surface area contributed by atoms with Gasteiger partial charge in [0.15, 0.2) is 0 Å². The van der Waals surface area contributed by atoms with Gasteiger partial charge in [0, 0.05) is 12.5 Å². The molecular weight excluding hydrogens is 228 g/mol. The number of rotatable bonds is 2. The average molecular weight is 252 g/mol. The van der Waals surface area contributed by atoms with Crippen LogP contribution in [0, 0.1) is 11.3 Å². The molecule has 1 saturated carbocycles. The first-order valence-corrected chi connectivity index (χ1v) is 7.20. The number of ether oxygens (including phenoxy) is 1. The van der Waals surface area contributed by atoms with Crippen LogP contribution in [0.4, 0.5) is 0 Å². The summed E-state index contributed by atoms with van der Waals surface area (Å²) in [6, 6.07) is 0. The van der Waals surface area contributed by atoms with E-state index in [-0.39, 0.29) is 23.5 Å². The SMILES string of the molecule is CC1OCCC1(C)NC(=O)C1CC12CCNCC2. The Hall–Kier alpha value is -0.610. The summed E-state index contributed by atoms with van der Waals surface area (Å²) in [4.78, 5) is 12.4. The van der Waals surface area contributed by atoms with Crippen molar-refractivity contribution >= 4 is 5.91 Å². The van der Waals surface area contributed by atoms with Crippen molar-refractivity contribution in [1.82, 2.24) is 10.6 Å². The van der Waals surface area contributed by atoms with Crippen LogP contribution in [0.1, 0.15) is 39.5 Å². The van der Waals surface area contributed by atoms with Crippen LogP contribution in [0.2, 0.25) is 0 Å². The van der Waals surface area contributed by atoms with Crippen LogP contribution in [0.3, 0.4) is 0 Å². The maximum absolute atomic E-state index is 12.4. The maximum Gasteiger partial charge on any atom is 0.224 e. The molecule has 1 spiro atoms. The van der Waals surface area contributed by atoms with Crippen LogP contribution in [-0.4, -0.2) is 37.2 Å². The summed E-state index contributed by atoms with van der Waals surface area (Å²) in [5.74, 6) is 0.515. The van der Waals surface area contributed by atoms with Crippen LogP contribution >= 0.6 is 0 Å². The predicted octanol–water partition coefficient (Wildman–Crippen LogP) is 1.06. The zero-order valence-electron chi connectivity index (χ0n) is 11.4. The van der Waals surface area contributed by atoms with Crippen molar-refractivity contribution in [3.8, 4) is 0 Å². The fourth-order valence-corrected chi connectivity index (χ4v) is 3.56. The predicted molar refractivity (Wildman–Crippen MR) is 69.2 cm³/mol. The second-order valence-electron chi connectivity index (χ2n) is 6.54. The minimum atomic E-state index is -0.159. The second kappa shape index (κ2) is 4.20. The Balaban J connectivity index is 1.60. The first-order chi connectivity index (χ1) is 8.56. The third-order valence-corrected chi connectivity index (χ3v) is 5.40. The van der Waals surface area contributed by atoms with Crippen molar-refractivity contribution in [2.75, 3.05) is 19.7 Å². The fourth-order valence-electron chi connectivity index (χ4n) is 3.56. The minimum absolute atomic E-state index is 0.129. The van der Waals surface area contributed by atoms with Crippen LogP contribution in [-0.2, 0) is 9.53 Å². The van der Waals surface area contributed by atoms with E-state index in [0.29, 0.717) is 5.41 Å². The molecule has 2 aliphatic heterocycles. The monoisotopic (exact) mass is 252 g/mol. The second-order valence-corrected chi connectivity index (χ2v) is 6.54. The molecule has 0 aromatic rings. The van der Waals surface area contributed by atoms with E-state index in [2.05, 4.69) is 24.5 Å². The number of amides is 1. The van der Waals surface area contributed by atoms with E-state index >= 15 is 0 Å². The van der Waals surface area contributed by atoms with Crippen LogP contribution in [0.5, 0.6) is 0 Å². The van der Waals surface area contributed by atoms with Gasteiger partial charge < -0.3 is 15.4 Å². The highest BCUT2D eigenvalue weighted by molar-refractivity contribution is 5.83. The Morgan fingerprint density at radius 1 is 1.33 bits per heavy atom. The number of hydrogen-bond donors (Lipinski definition) is 2. The van der Waals surface area contributed by atoms with Gasteiger partial charge in [-0.2, -0.15) is 0 Å². The lowest BCUT2D eigenvalue weighted by Crippen LogP contribution is -2.51. The smallest absolute Gasteiger partial charge is 0.224 e. The fraction of sp³-hybridized carbons (Fsp3) is 0.929. The van der Waals surface area contributed by atoms with Gasteiger partial charge in [0.05, 0.1) is 11.6 Å². The third kappa shape index (κ3) is 1.95. The third-order valence-electron chi connectivity index (χ3n) is 5.40. The molecule has 1 amide bonds. The summed E-state index contributed by atoms with van der Waals surface area (Å²) in [6.07, 6.45) is 4.47. The Bertz CT molecular complexity index is 352. The Morgan fingerprint density at radius 3 is 2.67 bits per heavy atom. The highest BCUT2D eigenvalue weighted by atomic mass is 16.5. The van der Waals surface area contributed by atoms with Gasteiger partial charge >= 0.3 is 0 Å². The summed E-state index contributed by atoms with van der Waals surface area (Å²) < 4.78 is 5.58. The molecule has 2 saturated heterocycles. The molecule has 3 atom stereocenters. The van der Waals surface area contributed by atoms with E-state index in [0.717, 1.165) is 45.4 Å². The van der Waals surface area contributed by atoms with Gasteiger partial charge in [-0.05, 0) is 58.0 Å². The lowest BCUT2D eigenvalue weighted by atomic mass is 9.90. The minimum Gasteiger partial charge on any atom is -0.376 e. The Kier molecular flexibility index (Phi) is 2.90. The molecule has 3 aliphatic rings. The van der Waals surface area contributed by atoms with Gasteiger partial charge in [0.25, 0.3) is 0 Å². The van der Waals surface area contributed by atoms with Gasteiger partial charge in [-0.1, -0.05) is 0 Å². The van der Waals surface area contributed by atoms with Crippen LogP contribution in [0.25, 0.3) is 0 Å². The summed E-state index contributed by atoms with van der Waals surface area (Å²) >= 11 is 0. The quantitative estimate of drug-likeness (QED) is 0.772. The van der Waals surface area contributed by atoms with E-state index < -0.39 is 0 Å². The molecule has 3 fully saturated rings. The molecule has 0 aromatic heterocycles. The molecule has 18 heavy (non-hydrogen) atoms. The molecular formula is C14H24N2O2. The number of nitrogens with one attached hydrogen (secondary N) is 2. The van der Waals surface area contributed by atoms with Crippen molar-refractivity contribution < 1.29 is 9.53 Å². The molecule has 0 radical (unpaired) electrons. The molecule has 1 aliphatic carbocycles. The van der Waals surface area contributed by atoms with Gasteiger partial charge in [0.2, 0.25) is 5.91 Å². The summed E-state index contributed by atoms with van der Waals surface area (Å²) in [5.41, 5.74) is 0.169. The van der Waals surface area contributed by atoms with Crippen molar-refractivity contribution in [2.24, 2.45) is 11.3 Å². The van der Waals surface area contributed by atoms with Crippen LogP contribution in [0.15, 0.2) is 0 Å². The first kappa shape index (κ1) is 12.4.